The van der Waals surface area contributed by atoms with Gasteiger partial charge in [0.2, 0.25) is 5.91 Å². The number of fused-ring (bicyclic) bond motifs is 1. The lowest BCUT2D eigenvalue weighted by atomic mass is 10.1. The molecule has 0 spiro atoms. The molecule has 2 aromatic heterocycles. The van der Waals surface area contributed by atoms with Gasteiger partial charge in [-0.1, -0.05) is 48.6 Å². The minimum absolute atomic E-state index is 0.0578. The van der Waals surface area contributed by atoms with Crippen LogP contribution in [0.3, 0.4) is 0 Å². The van der Waals surface area contributed by atoms with E-state index in [1.165, 1.54) is 29.0 Å². The first-order valence-electron chi connectivity index (χ1n) is 9.45. The number of pyridine rings is 1. The number of carbonyl (C=O) groups is 1. The van der Waals surface area contributed by atoms with Crippen LogP contribution in [0.4, 0.5) is 9.52 Å². The van der Waals surface area contributed by atoms with E-state index in [2.05, 4.69) is 29.0 Å². The molecular formula is C23H20FN3OS. The first-order chi connectivity index (χ1) is 14.1. The van der Waals surface area contributed by atoms with Gasteiger partial charge in [-0.2, -0.15) is 0 Å². The number of aromatic nitrogens is 2. The Bertz CT molecular complexity index is 1130. The summed E-state index contributed by atoms with van der Waals surface area (Å²) in [6, 6.07) is 16.3. The number of rotatable bonds is 6. The summed E-state index contributed by atoms with van der Waals surface area (Å²) in [5.74, 6) is -0.369. The van der Waals surface area contributed by atoms with Gasteiger partial charge in [0.05, 0.1) is 23.2 Å². The molecule has 146 valence electrons. The van der Waals surface area contributed by atoms with Crippen LogP contribution in [0.15, 0.2) is 67.0 Å². The summed E-state index contributed by atoms with van der Waals surface area (Å²) in [7, 11) is 0. The Morgan fingerprint density at radius 3 is 2.59 bits per heavy atom. The Morgan fingerprint density at radius 2 is 1.86 bits per heavy atom. The fourth-order valence-corrected chi connectivity index (χ4v) is 4.11. The van der Waals surface area contributed by atoms with Crippen molar-refractivity contribution in [2.24, 2.45) is 0 Å². The highest BCUT2D eigenvalue weighted by atomic mass is 32.1. The Balaban J connectivity index is 1.65. The highest BCUT2D eigenvalue weighted by molar-refractivity contribution is 7.22. The van der Waals surface area contributed by atoms with E-state index in [1.807, 2.05) is 24.3 Å². The quantitative estimate of drug-likeness (QED) is 0.445. The monoisotopic (exact) mass is 405 g/mol. The second-order valence-corrected chi connectivity index (χ2v) is 7.81. The largest absolute Gasteiger partial charge is 0.283 e. The zero-order valence-electron chi connectivity index (χ0n) is 16.0. The van der Waals surface area contributed by atoms with Crippen molar-refractivity contribution in [1.82, 2.24) is 9.97 Å². The van der Waals surface area contributed by atoms with Gasteiger partial charge in [-0.25, -0.2) is 9.37 Å². The molecule has 4 aromatic rings. The number of anilines is 1. The molecule has 2 aromatic carbocycles. The predicted octanol–water partition coefficient (Wildman–Crippen LogP) is 5.17. The number of benzene rings is 2. The van der Waals surface area contributed by atoms with Crippen molar-refractivity contribution in [3.63, 3.8) is 0 Å². The van der Waals surface area contributed by atoms with E-state index in [4.69, 9.17) is 0 Å². The number of hydrogen-bond donors (Lipinski definition) is 0. The molecule has 0 saturated heterocycles. The van der Waals surface area contributed by atoms with Crippen LogP contribution in [0.5, 0.6) is 0 Å². The van der Waals surface area contributed by atoms with Gasteiger partial charge in [0.15, 0.2) is 5.13 Å². The standard InChI is InChI=1S/C23H20FN3OS/c1-2-16-5-7-17(8-6-16)12-22(28)27(15-18-4-3-11-25-14-18)23-26-20-10-9-19(24)13-21(20)29-23/h3-11,13-14H,2,12,15H2,1H3. The van der Waals surface area contributed by atoms with Crippen LogP contribution < -0.4 is 4.90 Å². The second kappa shape index (κ2) is 8.49. The molecule has 2 heterocycles. The Kier molecular flexibility index (Phi) is 5.62. The molecule has 0 saturated carbocycles. The van der Waals surface area contributed by atoms with Crippen molar-refractivity contribution in [2.45, 2.75) is 26.3 Å². The normalized spacial score (nSPS) is 11.0. The lowest BCUT2D eigenvalue weighted by Gasteiger charge is -2.20. The molecule has 0 N–H and O–H groups in total. The lowest BCUT2D eigenvalue weighted by molar-refractivity contribution is -0.118. The second-order valence-electron chi connectivity index (χ2n) is 6.80. The van der Waals surface area contributed by atoms with Gasteiger partial charge in [0.1, 0.15) is 5.82 Å². The third-order valence-corrected chi connectivity index (χ3v) is 5.76. The van der Waals surface area contributed by atoms with Crippen molar-refractivity contribution in [1.29, 1.82) is 0 Å². The fraction of sp³-hybridized carbons (Fsp3) is 0.174. The summed E-state index contributed by atoms with van der Waals surface area (Å²) in [5.41, 5.74) is 3.78. The summed E-state index contributed by atoms with van der Waals surface area (Å²) in [5, 5.41) is 0.560. The van der Waals surface area contributed by atoms with Crippen LogP contribution in [0.2, 0.25) is 0 Å². The van der Waals surface area contributed by atoms with Gasteiger partial charge < -0.3 is 0 Å². The first kappa shape index (κ1) is 19.2. The van der Waals surface area contributed by atoms with Crippen LogP contribution in [-0.4, -0.2) is 15.9 Å². The third-order valence-electron chi connectivity index (χ3n) is 4.72. The minimum atomic E-state index is -0.311. The molecular weight excluding hydrogens is 385 g/mol. The number of aryl methyl sites for hydroxylation is 1. The first-order valence-corrected chi connectivity index (χ1v) is 10.3. The van der Waals surface area contributed by atoms with Crippen LogP contribution in [0.25, 0.3) is 10.2 Å². The zero-order valence-corrected chi connectivity index (χ0v) is 16.8. The van der Waals surface area contributed by atoms with Crippen LogP contribution in [-0.2, 0) is 24.2 Å². The maximum absolute atomic E-state index is 13.6. The molecule has 0 aliphatic rings. The Hall–Kier alpha value is -3.12. The van der Waals surface area contributed by atoms with E-state index in [9.17, 15) is 9.18 Å². The van der Waals surface area contributed by atoms with Crippen molar-refractivity contribution < 1.29 is 9.18 Å². The molecule has 0 aliphatic heterocycles. The average Bonchev–Trinajstić information content (AvgIpc) is 3.16. The Labute approximate surface area is 172 Å². The van der Waals surface area contributed by atoms with E-state index in [0.29, 0.717) is 17.2 Å². The molecule has 4 nitrogen and oxygen atoms in total. The SMILES string of the molecule is CCc1ccc(CC(=O)N(Cc2cccnc2)c2nc3ccc(F)cc3s2)cc1. The van der Waals surface area contributed by atoms with E-state index in [1.54, 1.807) is 23.4 Å². The number of hydrogen-bond acceptors (Lipinski definition) is 4. The Morgan fingerprint density at radius 1 is 1.07 bits per heavy atom. The van der Waals surface area contributed by atoms with E-state index in [-0.39, 0.29) is 18.1 Å². The molecule has 0 aliphatic carbocycles. The summed E-state index contributed by atoms with van der Waals surface area (Å²) in [4.78, 5) is 23.6. The summed E-state index contributed by atoms with van der Waals surface area (Å²) in [6.07, 6.45) is 4.67. The molecule has 1 amide bonds. The molecule has 0 radical (unpaired) electrons. The van der Waals surface area contributed by atoms with Gasteiger partial charge in [-0.3, -0.25) is 14.7 Å². The van der Waals surface area contributed by atoms with Crippen LogP contribution in [0.1, 0.15) is 23.6 Å². The number of halogens is 1. The molecule has 29 heavy (non-hydrogen) atoms. The van der Waals surface area contributed by atoms with Crippen LogP contribution >= 0.6 is 11.3 Å². The number of carbonyl (C=O) groups excluding carboxylic acids is 1. The molecule has 0 fully saturated rings. The minimum Gasteiger partial charge on any atom is -0.283 e. The van der Waals surface area contributed by atoms with E-state index >= 15 is 0 Å². The summed E-state index contributed by atoms with van der Waals surface area (Å²) in [6.45, 7) is 2.47. The highest BCUT2D eigenvalue weighted by Crippen LogP contribution is 2.30. The molecule has 0 bridgehead atoms. The zero-order chi connectivity index (χ0) is 20.2. The molecule has 0 unspecified atom stereocenters. The van der Waals surface area contributed by atoms with E-state index < -0.39 is 0 Å². The smallest absolute Gasteiger partial charge is 0.233 e. The summed E-state index contributed by atoms with van der Waals surface area (Å²) >= 11 is 1.32. The van der Waals surface area contributed by atoms with Crippen molar-refractivity contribution in [2.75, 3.05) is 4.90 Å². The van der Waals surface area contributed by atoms with Gasteiger partial charge >= 0.3 is 0 Å². The van der Waals surface area contributed by atoms with Crippen molar-refractivity contribution in [3.05, 3.63) is 89.5 Å². The van der Waals surface area contributed by atoms with E-state index in [0.717, 1.165) is 22.2 Å². The van der Waals surface area contributed by atoms with Crippen LogP contribution in [0, 0.1) is 5.82 Å². The maximum Gasteiger partial charge on any atom is 0.233 e. The average molecular weight is 405 g/mol. The molecule has 4 rings (SSSR count). The van der Waals surface area contributed by atoms with Gasteiger partial charge in [0, 0.05) is 12.4 Å². The fourth-order valence-electron chi connectivity index (χ4n) is 3.10. The maximum atomic E-state index is 13.6. The number of thiazole rings is 1. The highest BCUT2D eigenvalue weighted by Gasteiger charge is 2.21. The number of amides is 1. The molecule has 0 atom stereocenters. The van der Waals surface area contributed by atoms with Gasteiger partial charge in [-0.15, -0.1) is 0 Å². The molecule has 6 heteroatoms. The lowest BCUT2D eigenvalue weighted by Crippen LogP contribution is -2.31. The van der Waals surface area contributed by atoms with Crippen molar-refractivity contribution >= 4 is 32.6 Å². The number of nitrogens with zero attached hydrogens (tertiary/aromatic N) is 3. The third kappa shape index (κ3) is 4.49. The van der Waals surface area contributed by atoms with Gasteiger partial charge in [0.25, 0.3) is 0 Å². The summed E-state index contributed by atoms with van der Waals surface area (Å²) < 4.78 is 14.3. The topological polar surface area (TPSA) is 46.1 Å². The van der Waals surface area contributed by atoms with Crippen molar-refractivity contribution in [3.8, 4) is 0 Å². The predicted molar refractivity (Wildman–Crippen MR) is 115 cm³/mol. The van der Waals surface area contributed by atoms with Gasteiger partial charge in [-0.05, 0) is 47.4 Å².